The van der Waals surface area contributed by atoms with Crippen molar-refractivity contribution in [1.29, 1.82) is 0 Å². The standard InChI is InChI=1S/C46H53ClN2O6S2/c1-45(2)40(48(28-9-11-30-56(50,51)52)38-24-20-32-14-5-7-18-36(32)42(38)45)26-22-34-16-13-17-35(44(34)47)23-27-41-46(3,4)43-37-19-8-6-15-33(37)21-25-39(43)49(41)29-10-12-31-57(53,54)55/h5,7-8,14,18-27H,6,9-13,15-17,28-31H2,1-4H3,(H-,50,51,52,53,54,55)/p-1. The number of hydrogen-bond acceptors (Lipinski definition) is 7. The maximum absolute atomic E-state index is 11.4. The Morgan fingerprint density at radius 2 is 1.54 bits per heavy atom. The number of anilines is 1. The van der Waals surface area contributed by atoms with E-state index in [2.05, 4.69) is 116 Å². The maximum atomic E-state index is 11.4. The Morgan fingerprint density at radius 1 is 0.807 bits per heavy atom. The van der Waals surface area contributed by atoms with E-state index >= 15 is 0 Å². The smallest absolute Gasteiger partial charge is 0.210 e. The van der Waals surface area contributed by atoms with Gasteiger partial charge in [0.1, 0.15) is 6.54 Å². The lowest BCUT2D eigenvalue weighted by Gasteiger charge is -2.28. The lowest BCUT2D eigenvalue weighted by molar-refractivity contribution is -0.438. The van der Waals surface area contributed by atoms with Crippen molar-refractivity contribution < 1.29 is 30.5 Å². The first-order valence-electron chi connectivity index (χ1n) is 20.1. The molecule has 11 heteroatoms. The molecule has 0 saturated heterocycles. The monoisotopic (exact) mass is 827 g/mol. The van der Waals surface area contributed by atoms with Gasteiger partial charge in [-0.1, -0.05) is 80.1 Å². The molecule has 0 radical (unpaired) electrons. The third-order valence-electron chi connectivity index (χ3n) is 12.2. The highest BCUT2D eigenvalue weighted by Crippen LogP contribution is 2.51. The minimum Gasteiger partial charge on any atom is -0.748 e. The molecule has 0 spiro atoms. The van der Waals surface area contributed by atoms with Gasteiger partial charge in [0.25, 0.3) is 0 Å². The van der Waals surface area contributed by atoms with Crippen molar-refractivity contribution in [3.8, 4) is 0 Å². The van der Waals surface area contributed by atoms with Gasteiger partial charge in [0, 0.05) is 64.0 Å². The number of rotatable bonds is 13. The summed E-state index contributed by atoms with van der Waals surface area (Å²) in [6.45, 7) is 10.1. The van der Waals surface area contributed by atoms with Crippen LogP contribution in [0.4, 0.5) is 11.4 Å². The molecule has 3 aromatic carbocycles. The number of benzene rings is 3. The fourth-order valence-electron chi connectivity index (χ4n) is 9.46. The third-order valence-corrected chi connectivity index (χ3v) is 14.2. The van der Waals surface area contributed by atoms with Gasteiger partial charge in [0.05, 0.1) is 25.7 Å². The Balaban J connectivity index is 1.23. The topological polar surface area (TPSA) is 121 Å². The molecule has 2 aliphatic heterocycles. The Kier molecular flexibility index (Phi) is 11.7. The van der Waals surface area contributed by atoms with E-state index in [4.69, 9.17) is 11.6 Å². The zero-order valence-electron chi connectivity index (χ0n) is 33.3. The highest BCUT2D eigenvalue weighted by molar-refractivity contribution is 7.85. The van der Waals surface area contributed by atoms with Gasteiger partial charge >= 0.3 is 0 Å². The Labute approximate surface area is 343 Å². The van der Waals surface area contributed by atoms with Crippen LogP contribution in [0.1, 0.15) is 101 Å². The maximum Gasteiger partial charge on any atom is 0.210 e. The second-order valence-corrected chi connectivity index (χ2v) is 20.2. The first-order chi connectivity index (χ1) is 27.0. The molecule has 0 N–H and O–H groups in total. The van der Waals surface area contributed by atoms with E-state index in [1.165, 1.54) is 27.6 Å². The quantitative estimate of drug-likeness (QED) is 0.0956. The van der Waals surface area contributed by atoms with Gasteiger partial charge in [0.2, 0.25) is 5.69 Å². The number of hydrogen-bond donors (Lipinski definition) is 0. The zero-order valence-corrected chi connectivity index (χ0v) is 35.7. The average Bonchev–Trinajstić information content (AvgIpc) is 3.51. The fourth-order valence-corrected chi connectivity index (χ4v) is 10.9. The summed E-state index contributed by atoms with van der Waals surface area (Å²) in [4.78, 5) is 2.30. The molecule has 302 valence electrons. The zero-order chi connectivity index (χ0) is 40.8. The minimum absolute atomic E-state index is 0.295. The molecular formula is C46H52ClN2O6S2-. The lowest BCUT2D eigenvalue weighted by atomic mass is 9.78. The molecule has 0 bridgehead atoms. The first kappa shape index (κ1) is 41.4. The summed E-state index contributed by atoms with van der Waals surface area (Å²) in [6.07, 6.45) is 19.5. The first-order valence-corrected chi connectivity index (χ1v) is 23.6. The van der Waals surface area contributed by atoms with Crippen LogP contribution in [0.5, 0.6) is 0 Å². The van der Waals surface area contributed by atoms with Crippen molar-refractivity contribution in [3.63, 3.8) is 0 Å². The number of allylic oxidation sites excluding steroid dienone is 9. The predicted octanol–water partition coefficient (Wildman–Crippen LogP) is 9.67. The second kappa shape index (κ2) is 16.1. The number of nitrogens with zero attached hydrogens (tertiary/aromatic N) is 2. The van der Waals surface area contributed by atoms with Gasteiger partial charge in [-0.15, -0.1) is 0 Å². The third kappa shape index (κ3) is 8.53. The summed E-state index contributed by atoms with van der Waals surface area (Å²) in [5, 5.41) is 3.08. The summed E-state index contributed by atoms with van der Waals surface area (Å²) < 4.78 is 70.6. The van der Waals surface area contributed by atoms with Gasteiger partial charge in [-0.25, -0.2) is 16.8 Å². The summed E-state index contributed by atoms with van der Waals surface area (Å²) in [6, 6.07) is 17.1. The van der Waals surface area contributed by atoms with Crippen molar-refractivity contribution in [1.82, 2.24) is 0 Å². The van der Waals surface area contributed by atoms with Crippen LogP contribution in [0, 0.1) is 0 Å². The molecule has 0 atom stereocenters. The fraction of sp³-hybridized carbons (Fsp3) is 0.413. The average molecular weight is 829 g/mol. The summed E-state index contributed by atoms with van der Waals surface area (Å²) >= 11 is 7.29. The SMILES string of the molecule is CC1(C)C(/C=C/C2=C(Cl)C(=C/C=C3/N(CCCCS(=O)(=O)[O-])c4ccc5c(c4C3(C)C)C=CCC5)/CCC2)=[N+](CCCCS(=O)(=O)[O-])c2ccc3ccccc3c21. The van der Waals surface area contributed by atoms with E-state index in [1.54, 1.807) is 0 Å². The highest BCUT2D eigenvalue weighted by atomic mass is 35.5. The minimum atomic E-state index is -4.29. The molecule has 0 amide bonds. The normalized spacial score (nSPS) is 20.4. The molecule has 0 unspecified atom stereocenters. The Bertz CT molecular complexity index is 2520. The summed E-state index contributed by atoms with van der Waals surface area (Å²) in [5.41, 5.74) is 10.9. The Morgan fingerprint density at radius 3 is 2.30 bits per heavy atom. The molecular weight excluding hydrogens is 776 g/mol. The lowest BCUT2D eigenvalue weighted by Crippen LogP contribution is -2.28. The van der Waals surface area contributed by atoms with Crippen LogP contribution in [0.3, 0.4) is 0 Å². The van der Waals surface area contributed by atoms with Gasteiger partial charge in [0.15, 0.2) is 5.71 Å². The molecule has 3 aromatic rings. The van der Waals surface area contributed by atoms with Crippen LogP contribution in [0.15, 0.2) is 101 Å². The van der Waals surface area contributed by atoms with Crippen molar-refractivity contribution in [2.24, 2.45) is 0 Å². The highest BCUT2D eigenvalue weighted by Gasteiger charge is 2.46. The van der Waals surface area contributed by atoms with Crippen LogP contribution < -0.4 is 4.90 Å². The number of halogens is 1. The van der Waals surface area contributed by atoms with Gasteiger partial charge < -0.3 is 14.0 Å². The molecule has 4 aliphatic rings. The van der Waals surface area contributed by atoms with Gasteiger partial charge in [-0.3, -0.25) is 0 Å². The van der Waals surface area contributed by atoms with Crippen LogP contribution in [0.2, 0.25) is 0 Å². The van der Waals surface area contributed by atoms with Crippen LogP contribution in [-0.2, 0) is 37.5 Å². The van der Waals surface area contributed by atoms with Crippen LogP contribution >= 0.6 is 11.6 Å². The van der Waals surface area contributed by atoms with Gasteiger partial charge in [-0.2, -0.15) is 4.58 Å². The molecule has 0 fully saturated rings. The number of aryl methyl sites for hydroxylation is 1. The summed E-state index contributed by atoms with van der Waals surface area (Å²) in [5.74, 6) is -0.744. The van der Waals surface area contributed by atoms with Crippen LogP contribution in [-0.4, -0.2) is 60.8 Å². The second-order valence-electron chi connectivity index (χ2n) is 16.8. The van der Waals surface area contributed by atoms with E-state index in [1.807, 2.05) is 6.07 Å². The molecule has 0 saturated carbocycles. The molecule has 8 nitrogen and oxygen atoms in total. The molecule has 2 heterocycles. The molecule has 2 aliphatic carbocycles. The number of fused-ring (bicyclic) bond motifs is 6. The van der Waals surface area contributed by atoms with E-state index in [-0.39, 0.29) is 22.3 Å². The van der Waals surface area contributed by atoms with Crippen molar-refractivity contribution >= 4 is 65.8 Å². The predicted molar refractivity (Wildman–Crippen MR) is 231 cm³/mol. The number of unbranched alkanes of at least 4 members (excludes halogenated alkanes) is 2. The molecule has 57 heavy (non-hydrogen) atoms. The van der Waals surface area contributed by atoms with E-state index < -0.39 is 20.2 Å². The Hall–Kier alpha value is -3.80. The van der Waals surface area contributed by atoms with E-state index in [9.17, 15) is 25.9 Å². The van der Waals surface area contributed by atoms with Crippen molar-refractivity contribution in [3.05, 3.63) is 123 Å². The largest absolute Gasteiger partial charge is 0.748 e. The summed E-state index contributed by atoms with van der Waals surface area (Å²) in [7, 11) is -8.56. The van der Waals surface area contributed by atoms with Gasteiger partial charge in [-0.05, 0) is 122 Å². The van der Waals surface area contributed by atoms with E-state index in [0.717, 1.165) is 76.5 Å². The van der Waals surface area contributed by atoms with Crippen LogP contribution in [0.25, 0.3) is 16.8 Å². The molecule has 0 aromatic heterocycles. The van der Waals surface area contributed by atoms with Crippen molar-refractivity contribution in [2.75, 3.05) is 29.5 Å². The van der Waals surface area contributed by atoms with E-state index in [0.29, 0.717) is 38.8 Å². The molecule has 7 rings (SSSR count). The van der Waals surface area contributed by atoms with Crippen molar-refractivity contribution in [2.45, 2.75) is 96.3 Å².